The molecule has 0 amide bonds. The van der Waals surface area contributed by atoms with Crippen molar-refractivity contribution in [2.45, 2.75) is 24.7 Å². The van der Waals surface area contributed by atoms with E-state index in [9.17, 15) is 5.11 Å². The molecule has 4 heteroatoms. The van der Waals surface area contributed by atoms with Crippen LogP contribution in [0.1, 0.15) is 6.42 Å². The summed E-state index contributed by atoms with van der Waals surface area (Å²) in [6.07, 6.45) is 0.0399. The third-order valence-electron chi connectivity index (χ3n) is 2.58. The Morgan fingerprint density at radius 2 is 2.27 bits per heavy atom. The first-order chi connectivity index (χ1) is 7.20. The second-order valence-corrected chi connectivity index (χ2v) is 4.86. The van der Waals surface area contributed by atoms with Crippen molar-refractivity contribution in [3.63, 3.8) is 0 Å². The van der Waals surface area contributed by atoms with Crippen molar-refractivity contribution < 1.29 is 14.6 Å². The lowest BCUT2D eigenvalue weighted by Gasteiger charge is -2.39. The van der Waals surface area contributed by atoms with Crippen LogP contribution >= 0.6 is 22.6 Å². The van der Waals surface area contributed by atoms with Gasteiger partial charge in [-0.15, -0.1) is 0 Å². The van der Waals surface area contributed by atoms with Crippen molar-refractivity contribution in [2.75, 3.05) is 7.11 Å². The zero-order chi connectivity index (χ0) is 10.8. The molecule has 1 fully saturated rings. The van der Waals surface area contributed by atoms with Gasteiger partial charge in [-0.1, -0.05) is 6.07 Å². The monoisotopic (exact) mass is 320 g/mol. The van der Waals surface area contributed by atoms with E-state index in [1.807, 2.05) is 24.3 Å². The highest BCUT2D eigenvalue weighted by molar-refractivity contribution is 14.1. The Bertz CT molecular complexity index is 342. The van der Waals surface area contributed by atoms with Crippen molar-refractivity contribution >= 4 is 22.6 Å². The van der Waals surface area contributed by atoms with Crippen molar-refractivity contribution in [2.24, 2.45) is 0 Å². The smallest absolute Gasteiger partial charge is 0.130 e. The Labute approximate surface area is 103 Å². The van der Waals surface area contributed by atoms with Crippen LogP contribution in [-0.2, 0) is 4.74 Å². The number of hydrogen-bond acceptors (Lipinski definition) is 3. The lowest BCUT2D eigenvalue weighted by molar-refractivity contribution is -0.149. The number of benzene rings is 1. The summed E-state index contributed by atoms with van der Waals surface area (Å²) in [4.78, 5) is 0. The first kappa shape index (κ1) is 11.2. The molecular weight excluding hydrogens is 307 g/mol. The molecule has 82 valence electrons. The molecule has 3 unspecified atom stereocenters. The van der Waals surface area contributed by atoms with Crippen LogP contribution < -0.4 is 4.74 Å². The Morgan fingerprint density at radius 3 is 2.87 bits per heavy atom. The maximum Gasteiger partial charge on any atom is 0.130 e. The third kappa shape index (κ3) is 2.43. The van der Waals surface area contributed by atoms with Crippen LogP contribution in [0.2, 0.25) is 0 Å². The molecule has 0 spiro atoms. The zero-order valence-corrected chi connectivity index (χ0v) is 10.5. The maximum absolute atomic E-state index is 9.40. The minimum atomic E-state index is -0.386. The minimum absolute atomic E-state index is 0.0248. The van der Waals surface area contributed by atoms with E-state index in [0.717, 1.165) is 9.32 Å². The van der Waals surface area contributed by atoms with Gasteiger partial charge in [0.05, 0.1) is 6.10 Å². The normalized spacial score (nSPS) is 29.7. The Balaban J connectivity index is 1.98. The second kappa shape index (κ2) is 4.67. The van der Waals surface area contributed by atoms with Crippen LogP contribution in [0.5, 0.6) is 5.75 Å². The largest absolute Gasteiger partial charge is 0.487 e. The van der Waals surface area contributed by atoms with Gasteiger partial charge in [-0.3, -0.25) is 0 Å². The quantitative estimate of drug-likeness (QED) is 0.864. The summed E-state index contributed by atoms with van der Waals surface area (Å²) in [6.45, 7) is 0. The first-order valence-corrected chi connectivity index (χ1v) is 5.91. The molecule has 1 aliphatic rings. The van der Waals surface area contributed by atoms with Gasteiger partial charge in [0.15, 0.2) is 0 Å². The van der Waals surface area contributed by atoms with Crippen LogP contribution in [0.25, 0.3) is 0 Å². The SMILES string of the molecule is COC1C(O)CC1Oc1cccc(I)c1. The van der Waals surface area contributed by atoms with Crippen LogP contribution in [0.3, 0.4) is 0 Å². The summed E-state index contributed by atoms with van der Waals surface area (Å²) in [5.74, 6) is 0.834. The summed E-state index contributed by atoms with van der Waals surface area (Å²) in [7, 11) is 1.60. The van der Waals surface area contributed by atoms with E-state index in [0.29, 0.717) is 6.42 Å². The fraction of sp³-hybridized carbons (Fsp3) is 0.455. The lowest BCUT2D eigenvalue weighted by atomic mass is 9.88. The highest BCUT2D eigenvalue weighted by Crippen LogP contribution is 2.28. The molecule has 2 rings (SSSR count). The van der Waals surface area contributed by atoms with Gasteiger partial charge in [0.2, 0.25) is 0 Å². The van der Waals surface area contributed by atoms with Crippen molar-refractivity contribution in [1.82, 2.24) is 0 Å². The average Bonchev–Trinajstić information content (AvgIpc) is 2.17. The summed E-state index contributed by atoms with van der Waals surface area (Å²) in [5.41, 5.74) is 0. The van der Waals surface area contributed by atoms with E-state index in [4.69, 9.17) is 9.47 Å². The van der Waals surface area contributed by atoms with Gasteiger partial charge in [0, 0.05) is 17.1 Å². The summed E-state index contributed by atoms with van der Waals surface area (Å²) >= 11 is 2.24. The number of ether oxygens (including phenoxy) is 2. The Hall–Kier alpha value is -0.330. The van der Waals surface area contributed by atoms with E-state index < -0.39 is 0 Å². The third-order valence-corrected chi connectivity index (χ3v) is 3.25. The number of aliphatic hydroxyl groups is 1. The van der Waals surface area contributed by atoms with Crippen molar-refractivity contribution in [1.29, 1.82) is 0 Å². The standard InChI is InChI=1S/C11H13IO3/c1-14-11-9(13)6-10(11)15-8-4-2-3-7(12)5-8/h2-5,9-11,13H,6H2,1H3. The molecule has 0 radical (unpaired) electrons. The number of hydrogen-bond donors (Lipinski definition) is 1. The predicted molar refractivity (Wildman–Crippen MR) is 65.0 cm³/mol. The van der Waals surface area contributed by atoms with Gasteiger partial charge in [0.1, 0.15) is 18.0 Å². The zero-order valence-electron chi connectivity index (χ0n) is 8.39. The van der Waals surface area contributed by atoms with Crippen LogP contribution in [-0.4, -0.2) is 30.5 Å². The first-order valence-electron chi connectivity index (χ1n) is 4.84. The van der Waals surface area contributed by atoms with E-state index in [-0.39, 0.29) is 18.3 Å². The highest BCUT2D eigenvalue weighted by Gasteiger charge is 2.42. The van der Waals surface area contributed by atoms with Gasteiger partial charge in [-0.25, -0.2) is 0 Å². The Kier molecular flexibility index (Phi) is 3.48. The summed E-state index contributed by atoms with van der Waals surface area (Å²) < 4.78 is 12.0. The number of halogens is 1. The lowest BCUT2D eigenvalue weighted by Crippen LogP contribution is -2.54. The molecule has 1 aromatic rings. The topological polar surface area (TPSA) is 38.7 Å². The van der Waals surface area contributed by atoms with Crippen LogP contribution in [0.15, 0.2) is 24.3 Å². The molecule has 1 saturated carbocycles. The van der Waals surface area contributed by atoms with Crippen molar-refractivity contribution in [3.05, 3.63) is 27.8 Å². The number of aliphatic hydroxyl groups excluding tert-OH is 1. The predicted octanol–water partition coefficient (Wildman–Crippen LogP) is 1.82. The molecule has 1 aliphatic carbocycles. The molecule has 15 heavy (non-hydrogen) atoms. The van der Waals surface area contributed by atoms with Gasteiger partial charge in [0.25, 0.3) is 0 Å². The van der Waals surface area contributed by atoms with Gasteiger partial charge in [-0.05, 0) is 40.8 Å². The van der Waals surface area contributed by atoms with E-state index in [1.165, 1.54) is 0 Å². The van der Waals surface area contributed by atoms with E-state index >= 15 is 0 Å². The Morgan fingerprint density at radius 1 is 1.47 bits per heavy atom. The minimum Gasteiger partial charge on any atom is -0.487 e. The second-order valence-electron chi connectivity index (χ2n) is 3.62. The fourth-order valence-electron chi connectivity index (χ4n) is 1.70. The molecule has 0 saturated heterocycles. The van der Waals surface area contributed by atoms with Crippen molar-refractivity contribution in [3.8, 4) is 5.75 Å². The highest BCUT2D eigenvalue weighted by atomic mass is 127. The maximum atomic E-state index is 9.40. The molecule has 0 aromatic heterocycles. The summed E-state index contributed by atoms with van der Waals surface area (Å²) in [5, 5.41) is 9.40. The number of rotatable bonds is 3. The molecule has 0 aliphatic heterocycles. The number of methoxy groups -OCH3 is 1. The molecule has 1 aromatic carbocycles. The molecule has 0 bridgehead atoms. The average molecular weight is 320 g/mol. The van der Waals surface area contributed by atoms with E-state index in [2.05, 4.69) is 22.6 Å². The van der Waals surface area contributed by atoms with Gasteiger partial charge >= 0.3 is 0 Å². The van der Waals surface area contributed by atoms with Gasteiger partial charge < -0.3 is 14.6 Å². The van der Waals surface area contributed by atoms with Crippen LogP contribution in [0.4, 0.5) is 0 Å². The van der Waals surface area contributed by atoms with Crippen LogP contribution in [0, 0.1) is 3.57 Å². The molecule has 3 nitrogen and oxygen atoms in total. The molecule has 3 atom stereocenters. The molecule has 1 N–H and O–H groups in total. The fourth-order valence-corrected chi connectivity index (χ4v) is 2.21. The van der Waals surface area contributed by atoms with Gasteiger partial charge in [-0.2, -0.15) is 0 Å². The van der Waals surface area contributed by atoms with E-state index in [1.54, 1.807) is 7.11 Å². The summed E-state index contributed by atoms with van der Waals surface area (Å²) in [6, 6.07) is 7.85. The molecular formula is C11H13IO3. The molecule has 0 heterocycles.